The lowest BCUT2D eigenvalue weighted by Crippen LogP contribution is -2.42. The maximum Gasteiger partial charge on any atom is 0.295 e. The van der Waals surface area contributed by atoms with E-state index in [0.717, 1.165) is 0 Å². The molecule has 4 atom stereocenters. The van der Waals surface area contributed by atoms with Gasteiger partial charge in [-0.05, 0) is 44.4 Å². The van der Waals surface area contributed by atoms with Crippen molar-refractivity contribution in [2.45, 2.75) is 44.5 Å². The van der Waals surface area contributed by atoms with Crippen molar-refractivity contribution < 1.29 is 32.7 Å². The van der Waals surface area contributed by atoms with Crippen LogP contribution in [0, 0.1) is 12.8 Å². The predicted octanol–water partition coefficient (Wildman–Crippen LogP) is 3.45. The van der Waals surface area contributed by atoms with Gasteiger partial charge in [0, 0.05) is 11.6 Å². The number of carbonyl (C=O) groups is 2. The van der Waals surface area contributed by atoms with Gasteiger partial charge in [0.2, 0.25) is 0 Å². The van der Waals surface area contributed by atoms with Crippen molar-refractivity contribution in [2.75, 3.05) is 19.1 Å². The number of fused-ring (bicyclic) bond motifs is 1. The lowest BCUT2D eigenvalue weighted by molar-refractivity contribution is -0.133. The van der Waals surface area contributed by atoms with Gasteiger partial charge in [0.05, 0.1) is 25.7 Å². The summed E-state index contributed by atoms with van der Waals surface area (Å²) < 4.78 is 36.4. The summed E-state index contributed by atoms with van der Waals surface area (Å²) >= 11 is 0. The molecule has 0 N–H and O–H groups in total. The van der Waals surface area contributed by atoms with Gasteiger partial charge in [-0.25, -0.2) is 4.39 Å². The Morgan fingerprint density at radius 3 is 2.66 bits per heavy atom. The molecule has 1 amide bonds. The maximum absolute atomic E-state index is 14.2. The number of ketones is 1. The molecule has 2 aromatic rings. The van der Waals surface area contributed by atoms with Crippen molar-refractivity contribution in [2.24, 2.45) is 5.92 Å². The number of ether oxygens (including phenoxy) is 3. The number of Topliss-reactive ketones (excluding diaryl/α,β-unsaturated/α-hetero) is 1. The van der Waals surface area contributed by atoms with Crippen LogP contribution in [0.15, 0.2) is 40.1 Å². The second kappa shape index (κ2) is 7.65. The molecule has 168 valence electrons. The first-order valence-corrected chi connectivity index (χ1v) is 10.5. The minimum Gasteiger partial charge on any atom is -0.497 e. The number of nitrogens with zero attached hydrogens (tertiary/aromatic N) is 2. The number of carbonyl (C=O) groups excluding carboxylic acids is 2. The Bertz CT molecular complexity index is 1130. The van der Waals surface area contributed by atoms with Crippen LogP contribution in [0.1, 0.15) is 36.6 Å². The summed E-state index contributed by atoms with van der Waals surface area (Å²) in [5.74, 6) is 0.343. The van der Waals surface area contributed by atoms with Gasteiger partial charge >= 0.3 is 0 Å². The number of alkyl halides is 1. The van der Waals surface area contributed by atoms with Gasteiger partial charge in [0.1, 0.15) is 35.6 Å². The zero-order chi connectivity index (χ0) is 22.6. The highest BCUT2D eigenvalue weighted by Crippen LogP contribution is 2.50. The Morgan fingerprint density at radius 2 is 1.97 bits per heavy atom. The van der Waals surface area contributed by atoms with Crippen molar-refractivity contribution >= 4 is 17.5 Å². The summed E-state index contributed by atoms with van der Waals surface area (Å²) in [7, 11) is 3.03. The van der Waals surface area contributed by atoms with Crippen LogP contribution in [0.25, 0.3) is 0 Å². The van der Waals surface area contributed by atoms with Crippen LogP contribution in [0.4, 0.5) is 10.2 Å². The third-order valence-corrected chi connectivity index (χ3v) is 6.38. The number of aromatic nitrogens is 1. The molecule has 1 saturated carbocycles. The fourth-order valence-corrected chi connectivity index (χ4v) is 4.87. The molecular formula is C23H23FN2O6. The molecule has 0 spiro atoms. The van der Waals surface area contributed by atoms with E-state index >= 15 is 0 Å². The number of hydrogen-bond donors (Lipinski definition) is 0. The smallest absolute Gasteiger partial charge is 0.295 e. The van der Waals surface area contributed by atoms with Gasteiger partial charge in [-0.3, -0.25) is 14.5 Å². The van der Waals surface area contributed by atoms with Gasteiger partial charge < -0.3 is 18.7 Å². The quantitative estimate of drug-likeness (QED) is 0.716. The van der Waals surface area contributed by atoms with E-state index in [1.54, 1.807) is 31.2 Å². The molecule has 2 aliphatic heterocycles. The highest BCUT2D eigenvalue weighted by Gasteiger charge is 2.54. The summed E-state index contributed by atoms with van der Waals surface area (Å²) in [6.07, 6.45) is -0.798. The van der Waals surface area contributed by atoms with E-state index in [-0.39, 0.29) is 29.4 Å². The number of halogens is 1. The molecule has 1 aromatic carbocycles. The van der Waals surface area contributed by atoms with Crippen LogP contribution in [-0.2, 0) is 14.3 Å². The van der Waals surface area contributed by atoms with Gasteiger partial charge in [-0.2, -0.15) is 0 Å². The van der Waals surface area contributed by atoms with Crippen molar-refractivity contribution in [3.05, 3.63) is 46.9 Å². The summed E-state index contributed by atoms with van der Waals surface area (Å²) in [5, 5.41) is 4.01. The average molecular weight is 442 g/mol. The molecule has 5 rings (SSSR count). The summed E-state index contributed by atoms with van der Waals surface area (Å²) in [4.78, 5) is 28.6. The fourth-order valence-electron chi connectivity index (χ4n) is 4.87. The lowest BCUT2D eigenvalue weighted by Gasteiger charge is -2.36. The van der Waals surface area contributed by atoms with Gasteiger partial charge in [-0.15, -0.1) is 0 Å². The van der Waals surface area contributed by atoms with Crippen LogP contribution in [0.3, 0.4) is 0 Å². The molecule has 3 heterocycles. The number of hydrogen-bond acceptors (Lipinski definition) is 7. The van der Waals surface area contributed by atoms with Crippen LogP contribution >= 0.6 is 0 Å². The van der Waals surface area contributed by atoms with Crippen molar-refractivity contribution in [3.8, 4) is 11.5 Å². The Morgan fingerprint density at radius 1 is 1.16 bits per heavy atom. The topological polar surface area (TPSA) is 91.1 Å². The van der Waals surface area contributed by atoms with Gasteiger partial charge in [0.15, 0.2) is 17.4 Å². The minimum atomic E-state index is -1.07. The first kappa shape index (κ1) is 20.5. The van der Waals surface area contributed by atoms with Crippen LogP contribution in [0.5, 0.6) is 11.5 Å². The Hall–Kier alpha value is -3.36. The van der Waals surface area contributed by atoms with Gasteiger partial charge in [0.25, 0.3) is 5.91 Å². The van der Waals surface area contributed by atoms with Crippen LogP contribution in [0.2, 0.25) is 0 Å². The van der Waals surface area contributed by atoms with E-state index in [1.807, 2.05) is 0 Å². The zero-order valence-corrected chi connectivity index (χ0v) is 18.0. The van der Waals surface area contributed by atoms with E-state index in [2.05, 4.69) is 5.16 Å². The molecule has 1 fully saturated rings. The average Bonchev–Trinajstić information content (AvgIpc) is 3.34. The largest absolute Gasteiger partial charge is 0.497 e. The van der Waals surface area contributed by atoms with E-state index < -0.39 is 30.1 Å². The maximum atomic E-state index is 14.2. The molecule has 3 aliphatic rings. The summed E-state index contributed by atoms with van der Waals surface area (Å²) in [6.45, 7) is 1.71. The third kappa shape index (κ3) is 3.06. The molecule has 4 unspecified atom stereocenters. The van der Waals surface area contributed by atoms with Crippen LogP contribution < -0.4 is 14.4 Å². The SMILES string of the molecule is COc1ccc(OC)c(C2C3=C(OC4CCC(F)CC4C3=O)C(=O)N2c2cc(C)on2)c1. The number of benzene rings is 1. The standard InChI is InChI=1S/C23H23FN2O6/c1-11-8-18(25-32-11)26-20(14-10-13(29-2)5-7-16(14)30-3)19-21(27)15-9-12(24)4-6-17(15)31-22(19)23(26)28/h5,7-8,10,12,15,17,20H,4,6,9H2,1-3H3. The fraction of sp³-hybridized carbons (Fsp3) is 0.435. The molecule has 0 bridgehead atoms. The van der Waals surface area contributed by atoms with Crippen molar-refractivity contribution in [1.82, 2.24) is 5.16 Å². The molecule has 8 nitrogen and oxygen atoms in total. The van der Waals surface area contributed by atoms with E-state index in [1.165, 1.54) is 19.1 Å². The highest BCUT2D eigenvalue weighted by atomic mass is 19.1. The minimum absolute atomic E-state index is 0.0101. The number of amides is 1. The Labute approximate surface area is 183 Å². The first-order valence-electron chi connectivity index (χ1n) is 10.5. The summed E-state index contributed by atoms with van der Waals surface area (Å²) in [5.41, 5.74) is 0.728. The third-order valence-electron chi connectivity index (χ3n) is 6.38. The number of anilines is 1. The van der Waals surface area contributed by atoms with E-state index in [9.17, 15) is 14.0 Å². The van der Waals surface area contributed by atoms with Crippen molar-refractivity contribution in [1.29, 1.82) is 0 Å². The van der Waals surface area contributed by atoms with Crippen LogP contribution in [-0.4, -0.2) is 43.3 Å². The monoisotopic (exact) mass is 442 g/mol. The number of rotatable bonds is 4. The number of aryl methyl sites for hydroxylation is 1. The second-order valence-corrected chi connectivity index (χ2v) is 8.26. The lowest BCUT2D eigenvalue weighted by atomic mass is 9.77. The molecule has 0 saturated heterocycles. The normalized spacial score (nSPS) is 27.2. The van der Waals surface area contributed by atoms with E-state index in [4.69, 9.17) is 18.7 Å². The van der Waals surface area contributed by atoms with Crippen molar-refractivity contribution in [3.63, 3.8) is 0 Å². The molecular weight excluding hydrogens is 419 g/mol. The predicted molar refractivity (Wildman–Crippen MR) is 110 cm³/mol. The molecule has 32 heavy (non-hydrogen) atoms. The molecule has 9 heteroatoms. The molecule has 0 radical (unpaired) electrons. The molecule has 1 aliphatic carbocycles. The first-order chi connectivity index (χ1) is 15.4. The zero-order valence-electron chi connectivity index (χ0n) is 18.0. The molecule has 1 aromatic heterocycles. The van der Waals surface area contributed by atoms with Gasteiger partial charge in [-0.1, -0.05) is 5.16 Å². The Balaban J connectivity index is 1.69. The van der Waals surface area contributed by atoms with E-state index in [0.29, 0.717) is 35.7 Å². The summed E-state index contributed by atoms with van der Waals surface area (Å²) in [6, 6.07) is 5.89. The second-order valence-electron chi connectivity index (χ2n) is 8.26. The highest BCUT2D eigenvalue weighted by molar-refractivity contribution is 6.17. The number of methoxy groups -OCH3 is 2. The Kier molecular flexibility index (Phi) is 4.91.